The van der Waals surface area contributed by atoms with E-state index in [1.807, 2.05) is 6.92 Å². The molecule has 0 amide bonds. The second-order valence-corrected chi connectivity index (χ2v) is 3.52. The van der Waals surface area contributed by atoms with E-state index in [2.05, 4.69) is 25.7 Å². The van der Waals surface area contributed by atoms with Crippen molar-refractivity contribution in [2.24, 2.45) is 0 Å². The van der Waals surface area contributed by atoms with Crippen molar-refractivity contribution in [2.45, 2.75) is 52.9 Å². The van der Waals surface area contributed by atoms with Crippen molar-refractivity contribution in [3.63, 3.8) is 0 Å². The zero-order valence-electron chi connectivity index (χ0n) is 10.6. The maximum Gasteiger partial charge on any atom is 0.155 e. The van der Waals surface area contributed by atoms with Crippen molar-refractivity contribution in [1.29, 1.82) is 0 Å². The van der Waals surface area contributed by atoms with Gasteiger partial charge in [-0.05, 0) is 38.4 Å². The molecule has 0 saturated heterocycles. The number of carbonyl (C=O) groups is 1. The lowest BCUT2D eigenvalue weighted by atomic mass is 10.2. The molecule has 0 radical (unpaired) electrons. The highest BCUT2D eigenvalue weighted by Crippen LogP contribution is 1.87. The highest BCUT2D eigenvalue weighted by Gasteiger charge is 1.87. The van der Waals surface area contributed by atoms with E-state index in [0.717, 1.165) is 6.42 Å². The third kappa shape index (κ3) is 19.7. The molecule has 2 nitrogen and oxygen atoms in total. The third-order valence-electron chi connectivity index (χ3n) is 1.86. The number of ketones is 1. The van der Waals surface area contributed by atoms with E-state index in [-0.39, 0.29) is 5.78 Å². The van der Waals surface area contributed by atoms with Crippen LogP contribution in [0.3, 0.4) is 0 Å². The normalized spacial score (nSPS) is 9.00. The van der Waals surface area contributed by atoms with Crippen LogP contribution in [0, 0.1) is 0 Å². The van der Waals surface area contributed by atoms with Gasteiger partial charge in [-0.1, -0.05) is 33.8 Å². The summed E-state index contributed by atoms with van der Waals surface area (Å²) < 4.78 is 0. The van der Waals surface area contributed by atoms with Crippen LogP contribution in [0.25, 0.3) is 0 Å². The van der Waals surface area contributed by atoms with Crippen LogP contribution in [0.1, 0.15) is 52.9 Å². The second kappa shape index (κ2) is 15.8. The Hall–Kier alpha value is -0.630. The lowest BCUT2D eigenvalue weighted by Gasteiger charge is -1.98. The SMILES string of the molecule is C=CC(=O)CCC.CCCCNCCC. The van der Waals surface area contributed by atoms with Crippen LogP contribution in [0.4, 0.5) is 0 Å². The van der Waals surface area contributed by atoms with E-state index < -0.39 is 0 Å². The molecule has 0 aromatic rings. The highest BCUT2D eigenvalue weighted by atomic mass is 16.1. The number of allylic oxidation sites excluding steroid dienone is 1. The van der Waals surface area contributed by atoms with Gasteiger partial charge in [-0.2, -0.15) is 0 Å². The molecule has 0 aromatic heterocycles. The minimum absolute atomic E-state index is 0.141. The van der Waals surface area contributed by atoms with Crippen LogP contribution in [0.2, 0.25) is 0 Å². The fourth-order valence-corrected chi connectivity index (χ4v) is 0.952. The molecule has 90 valence electrons. The predicted octanol–water partition coefficient (Wildman–Crippen LogP) is 3.33. The molecule has 0 aliphatic heterocycles. The molecule has 0 saturated carbocycles. The molecule has 0 atom stereocenters. The van der Waals surface area contributed by atoms with Crippen LogP contribution < -0.4 is 5.32 Å². The predicted molar refractivity (Wildman–Crippen MR) is 68.2 cm³/mol. The summed E-state index contributed by atoms with van der Waals surface area (Å²) in [5, 5.41) is 3.34. The number of carbonyl (C=O) groups excluding carboxylic acids is 1. The quantitative estimate of drug-likeness (QED) is 0.495. The zero-order valence-corrected chi connectivity index (χ0v) is 10.6. The number of hydrogen-bond donors (Lipinski definition) is 1. The second-order valence-electron chi connectivity index (χ2n) is 3.52. The summed E-state index contributed by atoms with van der Waals surface area (Å²) >= 11 is 0. The molecule has 0 aliphatic rings. The average molecular weight is 213 g/mol. The lowest BCUT2D eigenvalue weighted by Crippen LogP contribution is -2.15. The van der Waals surface area contributed by atoms with E-state index in [0.29, 0.717) is 6.42 Å². The van der Waals surface area contributed by atoms with Gasteiger partial charge in [-0.25, -0.2) is 0 Å². The highest BCUT2D eigenvalue weighted by molar-refractivity contribution is 5.88. The maximum absolute atomic E-state index is 10.3. The fourth-order valence-electron chi connectivity index (χ4n) is 0.952. The number of rotatable bonds is 8. The molecule has 0 bridgehead atoms. The molecule has 0 aliphatic carbocycles. The van der Waals surface area contributed by atoms with E-state index in [1.165, 1.54) is 38.4 Å². The first-order valence-corrected chi connectivity index (χ1v) is 6.08. The van der Waals surface area contributed by atoms with Crippen LogP contribution in [0.15, 0.2) is 12.7 Å². The Morgan fingerprint density at radius 2 is 1.80 bits per heavy atom. The van der Waals surface area contributed by atoms with E-state index in [4.69, 9.17) is 0 Å². The van der Waals surface area contributed by atoms with Crippen molar-refractivity contribution in [3.8, 4) is 0 Å². The first-order chi connectivity index (χ1) is 7.22. The molecule has 0 aromatic carbocycles. The Morgan fingerprint density at radius 3 is 2.13 bits per heavy atom. The summed E-state index contributed by atoms with van der Waals surface area (Å²) in [7, 11) is 0. The van der Waals surface area contributed by atoms with Crippen molar-refractivity contribution in [1.82, 2.24) is 5.32 Å². The van der Waals surface area contributed by atoms with Gasteiger partial charge in [0.25, 0.3) is 0 Å². The van der Waals surface area contributed by atoms with Gasteiger partial charge in [0.05, 0.1) is 0 Å². The molecular weight excluding hydrogens is 186 g/mol. The molecule has 1 N–H and O–H groups in total. The minimum Gasteiger partial charge on any atom is -0.317 e. The first kappa shape index (κ1) is 16.8. The summed E-state index contributed by atoms with van der Waals surface area (Å²) in [5.41, 5.74) is 0. The Labute approximate surface area is 95.1 Å². The van der Waals surface area contributed by atoms with Crippen LogP contribution in [-0.4, -0.2) is 18.9 Å². The van der Waals surface area contributed by atoms with Crippen molar-refractivity contribution in [3.05, 3.63) is 12.7 Å². The Bertz CT molecular complexity index is 137. The van der Waals surface area contributed by atoms with Gasteiger partial charge in [0, 0.05) is 6.42 Å². The van der Waals surface area contributed by atoms with Gasteiger partial charge in [-0.15, -0.1) is 0 Å². The maximum atomic E-state index is 10.3. The average Bonchev–Trinajstić information content (AvgIpc) is 2.26. The molecule has 0 fully saturated rings. The first-order valence-electron chi connectivity index (χ1n) is 6.08. The number of hydrogen-bond acceptors (Lipinski definition) is 2. The smallest absolute Gasteiger partial charge is 0.155 e. The fraction of sp³-hybridized carbons (Fsp3) is 0.769. The Kier molecular flexibility index (Phi) is 17.7. The van der Waals surface area contributed by atoms with Crippen molar-refractivity contribution >= 4 is 5.78 Å². The van der Waals surface area contributed by atoms with E-state index >= 15 is 0 Å². The molecule has 0 unspecified atom stereocenters. The topological polar surface area (TPSA) is 29.1 Å². The molecule has 0 rings (SSSR count). The zero-order chi connectivity index (χ0) is 11.9. The van der Waals surface area contributed by atoms with Gasteiger partial charge in [0.15, 0.2) is 5.78 Å². The molecule has 15 heavy (non-hydrogen) atoms. The number of unbranched alkanes of at least 4 members (excludes halogenated alkanes) is 1. The largest absolute Gasteiger partial charge is 0.317 e. The Morgan fingerprint density at radius 1 is 1.13 bits per heavy atom. The van der Waals surface area contributed by atoms with E-state index in [1.54, 1.807) is 0 Å². The summed E-state index contributed by atoms with van der Waals surface area (Å²) in [6.45, 7) is 12.1. The van der Waals surface area contributed by atoms with Gasteiger partial charge < -0.3 is 5.32 Å². The summed E-state index contributed by atoms with van der Waals surface area (Å²) in [6, 6.07) is 0. The van der Waals surface area contributed by atoms with Crippen molar-refractivity contribution < 1.29 is 4.79 Å². The molecule has 2 heteroatoms. The summed E-state index contributed by atoms with van der Waals surface area (Å²) in [4.78, 5) is 10.3. The number of nitrogens with one attached hydrogen (secondary N) is 1. The van der Waals surface area contributed by atoms with Gasteiger partial charge in [-0.3, -0.25) is 4.79 Å². The van der Waals surface area contributed by atoms with Crippen LogP contribution in [-0.2, 0) is 4.79 Å². The molecule has 0 heterocycles. The standard InChI is InChI=1S/C7H17N.C6H10O/c1-3-5-7-8-6-4-2;1-3-5-6(7)4-2/h8H,3-7H2,1-2H3;4H,2-3,5H2,1H3. The molecular formula is C13H27NO. The van der Waals surface area contributed by atoms with Crippen LogP contribution in [0.5, 0.6) is 0 Å². The Balaban J connectivity index is 0. The summed E-state index contributed by atoms with van der Waals surface area (Å²) in [6.07, 6.45) is 6.80. The minimum atomic E-state index is 0.141. The van der Waals surface area contributed by atoms with E-state index in [9.17, 15) is 4.79 Å². The van der Waals surface area contributed by atoms with Gasteiger partial charge in [0.1, 0.15) is 0 Å². The third-order valence-corrected chi connectivity index (χ3v) is 1.86. The monoisotopic (exact) mass is 213 g/mol. The van der Waals surface area contributed by atoms with Crippen LogP contribution >= 0.6 is 0 Å². The summed E-state index contributed by atoms with van der Waals surface area (Å²) in [5.74, 6) is 0.141. The molecule has 0 spiro atoms. The van der Waals surface area contributed by atoms with Crippen molar-refractivity contribution in [2.75, 3.05) is 13.1 Å². The van der Waals surface area contributed by atoms with Gasteiger partial charge in [0.2, 0.25) is 0 Å². The lowest BCUT2D eigenvalue weighted by molar-refractivity contribution is -0.114. The van der Waals surface area contributed by atoms with Gasteiger partial charge >= 0.3 is 0 Å².